The summed E-state index contributed by atoms with van der Waals surface area (Å²) >= 11 is 1.58. The molecular formula is C12H17F3N2S. The summed E-state index contributed by atoms with van der Waals surface area (Å²) in [7, 11) is 0. The van der Waals surface area contributed by atoms with Gasteiger partial charge in [0.25, 0.3) is 0 Å². The maximum atomic E-state index is 12.4. The van der Waals surface area contributed by atoms with E-state index in [0.717, 1.165) is 22.0 Å². The number of alkyl halides is 3. The van der Waals surface area contributed by atoms with Gasteiger partial charge in [-0.3, -0.25) is 4.90 Å². The van der Waals surface area contributed by atoms with Gasteiger partial charge in [-0.15, -0.1) is 11.3 Å². The second kappa shape index (κ2) is 5.17. The molecule has 0 bridgehead atoms. The lowest BCUT2D eigenvalue weighted by Crippen LogP contribution is -2.37. The maximum Gasteiger partial charge on any atom is 0.401 e. The molecule has 0 radical (unpaired) electrons. The van der Waals surface area contributed by atoms with Crippen LogP contribution in [-0.4, -0.2) is 29.1 Å². The molecule has 0 aromatic carbocycles. The van der Waals surface area contributed by atoms with Gasteiger partial charge in [0.15, 0.2) is 0 Å². The summed E-state index contributed by atoms with van der Waals surface area (Å²) in [6.07, 6.45) is -2.46. The third-order valence-corrected chi connectivity index (χ3v) is 4.58. The number of nitrogens with zero attached hydrogens (tertiary/aromatic N) is 2. The van der Waals surface area contributed by atoms with Crippen molar-refractivity contribution < 1.29 is 13.2 Å². The zero-order valence-electron chi connectivity index (χ0n) is 10.5. The zero-order valence-corrected chi connectivity index (χ0v) is 11.4. The molecule has 18 heavy (non-hydrogen) atoms. The minimum atomic E-state index is -4.11. The van der Waals surface area contributed by atoms with Crippen molar-refractivity contribution in [1.29, 1.82) is 0 Å². The fourth-order valence-electron chi connectivity index (χ4n) is 2.04. The minimum absolute atomic E-state index is 0.392. The van der Waals surface area contributed by atoms with E-state index in [9.17, 15) is 13.2 Å². The molecule has 2 rings (SSSR count). The molecule has 2 heterocycles. The highest BCUT2D eigenvalue weighted by Crippen LogP contribution is 2.31. The highest BCUT2D eigenvalue weighted by Gasteiger charge is 2.33. The topological polar surface area (TPSA) is 16.1 Å². The molecule has 1 atom stereocenters. The van der Waals surface area contributed by atoms with Crippen LogP contribution in [0, 0.1) is 0 Å². The molecule has 1 aliphatic heterocycles. The van der Waals surface area contributed by atoms with Crippen LogP contribution < -0.4 is 0 Å². The van der Waals surface area contributed by atoms with Crippen LogP contribution in [0.2, 0.25) is 0 Å². The Bertz CT molecular complexity index is 414. The van der Waals surface area contributed by atoms with Gasteiger partial charge < -0.3 is 0 Å². The molecule has 1 aliphatic rings. The Labute approximate surface area is 109 Å². The van der Waals surface area contributed by atoms with Crippen LogP contribution in [0.4, 0.5) is 13.2 Å². The van der Waals surface area contributed by atoms with Gasteiger partial charge in [-0.25, -0.2) is 4.98 Å². The fraction of sp³-hybridized carbons (Fsp3) is 0.750. The summed E-state index contributed by atoms with van der Waals surface area (Å²) in [5, 5.41) is 1.07. The van der Waals surface area contributed by atoms with Crippen LogP contribution in [0.5, 0.6) is 0 Å². The molecule has 2 nitrogen and oxygen atoms in total. The van der Waals surface area contributed by atoms with E-state index in [4.69, 9.17) is 0 Å². The average Bonchev–Trinajstić information content (AvgIpc) is 2.68. The Morgan fingerprint density at radius 2 is 2.17 bits per heavy atom. The van der Waals surface area contributed by atoms with Crippen molar-refractivity contribution >= 4 is 11.3 Å². The summed E-state index contributed by atoms with van der Waals surface area (Å²) in [5.41, 5.74) is 1.01. The van der Waals surface area contributed by atoms with Gasteiger partial charge in [0, 0.05) is 30.3 Å². The van der Waals surface area contributed by atoms with E-state index in [2.05, 4.69) is 18.8 Å². The fourth-order valence-corrected chi connectivity index (χ4v) is 3.33. The second-order valence-corrected chi connectivity index (χ2v) is 5.92. The Balaban J connectivity index is 2.07. The Morgan fingerprint density at radius 3 is 2.78 bits per heavy atom. The van der Waals surface area contributed by atoms with Crippen molar-refractivity contribution in [3.8, 4) is 0 Å². The number of fused-ring (bicyclic) bond motifs is 1. The Hall–Kier alpha value is -0.620. The third-order valence-electron chi connectivity index (χ3n) is 3.26. The molecule has 102 valence electrons. The molecular weight excluding hydrogens is 261 g/mol. The Kier molecular flexibility index (Phi) is 3.96. The smallest absolute Gasteiger partial charge is 0.289 e. The van der Waals surface area contributed by atoms with E-state index < -0.39 is 12.7 Å². The number of hydrogen-bond donors (Lipinski definition) is 0. The van der Waals surface area contributed by atoms with Crippen LogP contribution in [0.15, 0.2) is 0 Å². The lowest BCUT2D eigenvalue weighted by Gasteiger charge is -2.26. The summed E-state index contributed by atoms with van der Waals surface area (Å²) in [4.78, 5) is 7.04. The quantitative estimate of drug-likeness (QED) is 0.840. The molecule has 0 saturated carbocycles. The van der Waals surface area contributed by atoms with Crippen molar-refractivity contribution in [1.82, 2.24) is 9.88 Å². The molecule has 1 aromatic rings. The first-order valence-electron chi connectivity index (χ1n) is 6.16. The van der Waals surface area contributed by atoms with Gasteiger partial charge in [0.1, 0.15) is 0 Å². The minimum Gasteiger partial charge on any atom is -0.289 e. The molecule has 1 aromatic heterocycles. The predicted molar refractivity (Wildman–Crippen MR) is 65.9 cm³/mol. The first-order valence-corrected chi connectivity index (χ1v) is 6.98. The molecule has 0 aliphatic carbocycles. The predicted octanol–water partition coefficient (Wildman–Crippen LogP) is 3.58. The van der Waals surface area contributed by atoms with E-state index in [1.165, 1.54) is 4.90 Å². The van der Waals surface area contributed by atoms with E-state index in [1.54, 1.807) is 11.3 Å². The summed E-state index contributed by atoms with van der Waals surface area (Å²) in [5.74, 6) is 0.400. The second-order valence-electron chi connectivity index (χ2n) is 4.81. The molecule has 6 heteroatoms. The van der Waals surface area contributed by atoms with Gasteiger partial charge in [0.2, 0.25) is 0 Å². The maximum absolute atomic E-state index is 12.4. The standard InChI is InChI=1S/C12H17F3N2S/c1-3-8(2)11-16-9-4-5-17(6-10(9)18-11)7-12(13,14)15/h8H,3-7H2,1-2H3. The molecule has 0 amide bonds. The van der Waals surface area contributed by atoms with Crippen LogP contribution >= 0.6 is 11.3 Å². The zero-order chi connectivity index (χ0) is 13.3. The van der Waals surface area contributed by atoms with Crippen LogP contribution in [0.3, 0.4) is 0 Å². The van der Waals surface area contributed by atoms with E-state index in [0.29, 0.717) is 25.4 Å². The molecule has 0 spiro atoms. The summed E-state index contributed by atoms with van der Waals surface area (Å²) in [6.45, 7) is 4.24. The molecule has 0 fully saturated rings. The van der Waals surface area contributed by atoms with Crippen LogP contribution in [0.25, 0.3) is 0 Å². The van der Waals surface area contributed by atoms with E-state index in [1.807, 2.05) is 0 Å². The number of thiazole rings is 1. The SMILES string of the molecule is CCC(C)c1nc2c(s1)CN(CC(F)(F)F)CC2. The molecule has 0 saturated heterocycles. The van der Waals surface area contributed by atoms with Gasteiger partial charge in [-0.05, 0) is 6.42 Å². The van der Waals surface area contributed by atoms with Crippen molar-refractivity contribution in [2.45, 2.75) is 45.3 Å². The van der Waals surface area contributed by atoms with Crippen molar-refractivity contribution in [2.24, 2.45) is 0 Å². The lowest BCUT2D eigenvalue weighted by atomic mass is 10.1. The molecule has 0 N–H and O–H groups in total. The summed E-state index contributed by atoms with van der Waals surface area (Å²) < 4.78 is 37.1. The van der Waals surface area contributed by atoms with Gasteiger partial charge >= 0.3 is 6.18 Å². The van der Waals surface area contributed by atoms with Crippen molar-refractivity contribution in [3.63, 3.8) is 0 Å². The van der Waals surface area contributed by atoms with Crippen molar-refractivity contribution in [2.75, 3.05) is 13.1 Å². The Morgan fingerprint density at radius 1 is 1.44 bits per heavy atom. The molecule has 1 unspecified atom stereocenters. The van der Waals surface area contributed by atoms with Gasteiger partial charge in [-0.2, -0.15) is 13.2 Å². The van der Waals surface area contributed by atoms with Crippen LogP contribution in [-0.2, 0) is 13.0 Å². The number of rotatable bonds is 3. The number of aromatic nitrogens is 1. The van der Waals surface area contributed by atoms with Crippen molar-refractivity contribution in [3.05, 3.63) is 15.6 Å². The largest absolute Gasteiger partial charge is 0.401 e. The monoisotopic (exact) mass is 278 g/mol. The van der Waals surface area contributed by atoms with E-state index >= 15 is 0 Å². The highest BCUT2D eigenvalue weighted by atomic mass is 32.1. The van der Waals surface area contributed by atoms with Crippen LogP contribution in [0.1, 0.15) is 41.8 Å². The third kappa shape index (κ3) is 3.23. The highest BCUT2D eigenvalue weighted by molar-refractivity contribution is 7.11. The number of halogens is 3. The van der Waals surface area contributed by atoms with Gasteiger partial charge in [-0.1, -0.05) is 13.8 Å². The number of hydrogen-bond acceptors (Lipinski definition) is 3. The average molecular weight is 278 g/mol. The normalized spacial score (nSPS) is 18.7. The summed E-state index contributed by atoms with van der Waals surface area (Å²) in [6, 6.07) is 0. The lowest BCUT2D eigenvalue weighted by molar-refractivity contribution is -0.147. The van der Waals surface area contributed by atoms with Gasteiger partial charge in [0.05, 0.1) is 17.2 Å². The first kappa shape index (κ1) is 13.8. The first-order chi connectivity index (χ1) is 8.39. The van der Waals surface area contributed by atoms with E-state index in [-0.39, 0.29) is 0 Å².